The number of para-hydroxylation sites is 1. The molecule has 1 aromatic rings. The molecule has 2 aliphatic rings. The quantitative estimate of drug-likeness (QED) is 0.846. The van der Waals surface area contributed by atoms with Crippen molar-refractivity contribution in [2.45, 2.75) is 53.8 Å². The summed E-state index contributed by atoms with van der Waals surface area (Å²) in [4.78, 5) is 13.1. The van der Waals surface area contributed by atoms with E-state index in [4.69, 9.17) is 10.5 Å². The highest BCUT2D eigenvalue weighted by molar-refractivity contribution is 8.00. The van der Waals surface area contributed by atoms with Gasteiger partial charge in [0, 0.05) is 16.2 Å². The van der Waals surface area contributed by atoms with Crippen molar-refractivity contribution in [2.24, 2.45) is 5.73 Å². The van der Waals surface area contributed by atoms with E-state index in [9.17, 15) is 4.79 Å². The zero-order valence-corrected chi connectivity index (χ0v) is 13.1. The van der Waals surface area contributed by atoms with Crippen LogP contribution in [0.5, 0.6) is 5.75 Å². The fourth-order valence-electron chi connectivity index (χ4n) is 3.04. The average molecular weight is 306 g/mol. The molecule has 4 nitrogen and oxygen atoms in total. The molecule has 2 aliphatic carbocycles. The summed E-state index contributed by atoms with van der Waals surface area (Å²) >= 11 is 1.80. The molecule has 1 amide bonds. The second-order valence-electron chi connectivity index (χ2n) is 6.00. The van der Waals surface area contributed by atoms with Crippen LogP contribution in [0, 0.1) is 0 Å². The number of nitrogens with one attached hydrogen (secondary N) is 1. The third-order valence-electron chi connectivity index (χ3n) is 4.36. The number of rotatable bonds is 6. The highest BCUT2D eigenvalue weighted by Crippen LogP contribution is 2.43. The largest absolute Gasteiger partial charge is 0.496 e. The average Bonchev–Trinajstić information content (AvgIpc) is 3.19. The van der Waals surface area contributed by atoms with Gasteiger partial charge in [0.25, 0.3) is 0 Å². The van der Waals surface area contributed by atoms with Crippen molar-refractivity contribution in [3.05, 3.63) is 24.3 Å². The van der Waals surface area contributed by atoms with Gasteiger partial charge < -0.3 is 15.8 Å². The number of thioether (sulfide) groups is 1. The Hall–Kier alpha value is -1.20. The Balaban J connectivity index is 1.69. The van der Waals surface area contributed by atoms with Gasteiger partial charge in [0.2, 0.25) is 5.91 Å². The van der Waals surface area contributed by atoms with Gasteiger partial charge in [-0.1, -0.05) is 12.1 Å². The number of ether oxygens (including phenoxy) is 1. The first-order chi connectivity index (χ1) is 10.1. The zero-order valence-electron chi connectivity index (χ0n) is 12.3. The number of nitrogens with two attached hydrogens (primary N) is 1. The molecule has 2 saturated carbocycles. The van der Waals surface area contributed by atoms with Crippen LogP contribution in [-0.2, 0) is 4.79 Å². The second kappa shape index (κ2) is 5.89. The van der Waals surface area contributed by atoms with Gasteiger partial charge in [0.15, 0.2) is 0 Å². The molecule has 1 aromatic carbocycles. The zero-order chi connectivity index (χ0) is 14.9. The molecule has 0 aromatic heterocycles. The third kappa shape index (κ3) is 3.19. The molecule has 0 bridgehead atoms. The molecule has 3 N–H and O–H groups in total. The van der Waals surface area contributed by atoms with E-state index < -0.39 is 5.54 Å². The molecule has 2 fully saturated rings. The number of carbonyl (C=O) groups excluding carboxylic acids is 1. The predicted octanol–water partition coefficient (Wildman–Crippen LogP) is 2.32. The van der Waals surface area contributed by atoms with Crippen molar-refractivity contribution in [3.8, 4) is 5.75 Å². The van der Waals surface area contributed by atoms with Crippen LogP contribution in [0.4, 0.5) is 0 Å². The molecule has 114 valence electrons. The van der Waals surface area contributed by atoms with Crippen molar-refractivity contribution in [1.82, 2.24) is 5.32 Å². The van der Waals surface area contributed by atoms with E-state index in [1.165, 1.54) is 12.8 Å². The Kier molecular flexibility index (Phi) is 4.13. The summed E-state index contributed by atoms with van der Waals surface area (Å²) in [5.41, 5.74) is 5.19. The van der Waals surface area contributed by atoms with E-state index >= 15 is 0 Å². The molecular formula is C16H22N2O2S. The van der Waals surface area contributed by atoms with Gasteiger partial charge in [-0.2, -0.15) is 0 Å². The van der Waals surface area contributed by atoms with Crippen molar-refractivity contribution in [3.63, 3.8) is 0 Å². The molecular weight excluding hydrogens is 284 g/mol. The molecule has 0 radical (unpaired) electrons. The van der Waals surface area contributed by atoms with Crippen molar-refractivity contribution in [1.29, 1.82) is 0 Å². The Morgan fingerprint density at radius 2 is 2.14 bits per heavy atom. The van der Waals surface area contributed by atoms with Gasteiger partial charge >= 0.3 is 0 Å². The highest BCUT2D eigenvalue weighted by atomic mass is 32.2. The number of benzene rings is 1. The maximum absolute atomic E-state index is 11.9. The Bertz CT molecular complexity index is 533. The summed E-state index contributed by atoms with van der Waals surface area (Å²) in [6, 6.07) is 8.53. The molecule has 0 saturated heterocycles. The number of amides is 1. The summed E-state index contributed by atoms with van der Waals surface area (Å²) in [5.74, 6) is 0.701. The number of hydrogen-bond donors (Lipinski definition) is 2. The van der Waals surface area contributed by atoms with Crippen LogP contribution in [0.1, 0.15) is 32.1 Å². The number of primary amides is 1. The SMILES string of the molecule is COc1ccccc1SC1CCC(NC2CC2)(C(N)=O)C1. The van der Waals surface area contributed by atoms with Gasteiger partial charge in [0.05, 0.1) is 12.6 Å². The molecule has 5 heteroatoms. The number of carbonyl (C=O) groups is 1. The van der Waals surface area contributed by atoms with Crippen LogP contribution in [0.25, 0.3) is 0 Å². The van der Waals surface area contributed by atoms with Gasteiger partial charge in [-0.05, 0) is 44.2 Å². The highest BCUT2D eigenvalue weighted by Gasteiger charge is 2.47. The molecule has 2 unspecified atom stereocenters. The minimum atomic E-state index is -0.499. The van der Waals surface area contributed by atoms with Crippen molar-refractivity contribution < 1.29 is 9.53 Å². The lowest BCUT2D eigenvalue weighted by atomic mass is 9.96. The molecule has 0 heterocycles. The fraction of sp³-hybridized carbons (Fsp3) is 0.562. The summed E-state index contributed by atoms with van der Waals surface area (Å²) in [5, 5.41) is 3.89. The topological polar surface area (TPSA) is 64.3 Å². The lowest BCUT2D eigenvalue weighted by molar-refractivity contribution is -0.124. The first-order valence-electron chi connectivity index (χ1n) is 7.50. The maximum atomic E-state index is 11.9. The second-order valence-corrected chi connectivity index (χ2v) is 7.34. The standard InChI is InChI=1S/C16H22N2O2S/c1-20-13-4-2-3-5-14(13)21-12-8-9-16(10-12,15(17)19)18-11-6-7-11/h2-5,11-12,18H,6-10H2,1H3,(H2,17,19). The van der Waals surface area contributed by atoms with Gasteiger partial charge in [-0.3, -0.25) is 4.79 Å². The van der Waals surface area contributed by atoms with Crippen LogP contribution < -0.4 is 15.8 Å². The first-order valence-corrected chi connectivity index (χ1v) is 8.38. The Morgan fingerprint density at radius 3 is 2.81 bits per heavy atom. The van der Waals surface area contributed by atoms with Crippen molar-refractivity contribution in [2.75, 3.05) is 7.11 Å². The molecule has 21 heavy (non-hydrogen) atoms. The van der Waals surface area contributed by atoms with E-state index in [0.717, 1.165) is 29.9 Å². The van der Waals surface area contributed by atoms with E-state index in [2.05, 4.69) is 11.4 Å². The smallest absolute Gasteiger partial charge is 0.237 e. The maximum Gasteiger partial charge on any atom is 0.237 e. The Labute approximate surface area is 129 Å². The monoisotopic (exact) mass is 306 g/mol. The summed E-state index contributed by atoms with van der Waals surface area (Å²) in [6.07, 6.45) is 4.98. The lowest BCUT2D eigenvalue weighted by Gasteiger charge is -2.27. The summed E-state index contributed by atoms with van der Waals surface area (Å²) in [7, 11) is 1.69. The van der Waals surface area contributed by atoms with Crippen LogP contribution in [0.2, 0.25) is 0 Å². The van der Waals surface area contributed by atoms with Crippen LogP contribution >= 0.6 is 11.8 Å². The van der Waals surface area contributed by atoms with Gasteiger partial charge in [-0.25, -0.2) is 0 Å². The van der Waals surface area contributed by atoms with E-state index in [0.29, 0.717) is 11.3 Å². The normalized spacial score (nSPS) is 28.5. The van der Waals surface area contributed by atoms with Crippen LogP contribution in [0.15, 0.2) is 29.2 Å². The first kappa shape index (κ1) is 14.7. The van der Waals surface area contributed by atoms with Crippen LogP contribution in [-0.4, -0.2) is 29.8 Å². The molecule has 2 atom stereocenters. The van der Waals surface area contributed by atoms with Crippen molar-refractivity contribution >= 4 is 17.7 Å². The number of methoxy groups -OCH3 is 1. The minimum absolute atomic E-state index is 0.197. The minimum Gasteiger partial charge on any atom is -0.496 e. The predicted molar refractivity (Wildman–Crippen MR) is 84.6 cm³/mol. The van der Waals surface area contributed by atoms with Gasteiger partial charge in [-0.15, -0.1) is 11.8 Å². The molecule has 0 aliphatic heterocycles. The van der Waals surface area contributed by atoms with Gasteiger partial charge in [0.1, 0.15) is 5.75 Å². The van der Waals surface area contributed by atoms with E-state index in [1.807, 2.05) is 18.2 Å². The summed E-state index contributed by atoms with van der Waals surface area (Å²) in [6.45, 7) is 0. The molecule has 3 rings (SSSR count). The third-order valence-corrected chi connectivity index (χ3v) is 5.69. The lowest BCUT2D eigenvalue weighted by Crippen LogP contribution is -2.54. The van der Waals surface area contributed by atoms with E-state index in [1.54, 1.807) is 18.9 Å². The fourth-order valence-corrected chi connectivity index (χ4v) is 4.43. The Morgan fingerprint density at radius 1 is 1.38 bits per heavy atom. The molecule has 0 spiro atoms. The summed E-state index contributed by atoms with van der Waals surface area (Å²) < 4.78 is 5.40. The van der Waals surface area contributed by atoms with Crippen LogP contribution in [0.3, 0.4) is 0 Å². The number of hydrogen-bond acceptors (Lipinski definition) is 4. The van der Waals surface area contributed by atoms with E-state index in [-0.39, 0.29) is 5.91 Å².